The maximum atomic E-state index is 11.1. The lowest BCUT2D eigenvalue weighted by molar-refractivity contribution is 0.0697. The van der Waals surface area contributed by atoms with Gasteiger partial charge in [-0.3, -0.25) is 0 Å². The molecule has 0 saturated heterocycles. The van der Waals surface area contributed by atoms with Crippen LogP contribution >= 0.6 is 0 Å². The van der Waals surface area contributed by atoms with E-state index in [1.807, 2.05) is 54.6 Å². The Morgan fingerprint density at radius 3 is 2.37 bits per heavy atom. The number of H-pyrrole nitrogens is 1. The molecule has 5 heteroatoms. The Hall–Kier alpha value is -3.44. The molecule has 0 radical (unpaired) electrons. The molecule has 4 aromatic rings. The van der Waals surface area contributed by atoms with E-state index in [9.17, 15) is 4.79 Å². The van der Waals surface area contributed by atoms with E-state index in [1.54, 1.807) is 25.3 Å². The number of methoxy groups -OCH3 is 1. The molecule has 2 N–H and O–H groups in total. The van der Waals surface area contributed by atoms with Gasteiger partial charge < -0.3 is 14.8 Å². The van der Waals surface area contributed by atoms with Gasteiger partial charge in [0.15, 0.2) is 0 Å². The Morgan fingerprint density at radius 2 is 1.70 bits per heavy atom. The number of benzene rings is 3. The highest BCUT2D eigenvalue weighted by Gasteiger charge is 2.14. The van der Waals surface area contributed by atoms with Crippen molar-refractivity contribution in [1.82, 2.24) is 9.97 Å². The molecule has 0 spiro atoms. The number of fused-ring (bicyclic) bond motifs is 1. The second kappa shape index (κ2) is 7.05. The summed E-state index contributed by atoms with van der Waals surface area (Å²) in [4.78, 5) is 18.9. The number of aromatic carboxylic acids is 1. The quantitative estimate of drug-likeness (QED) is 0.544. The number of carbonyl (C=O) groups is 1. The van der Waals surface area contributed by atoms with E-state index in [0.717, 1.165) is 22.2 Å². The summed E-state index contributed by atoms with van der Waals surface area (Å²) in [5, 5.41) is 9.12. The molecule has 3 aromatic carbocycles. The van der Waals surface area contributed by atoms with E-state index in [0.29, 0.717) is 11.3 Å². The first kappa shape index (κ1) is 17.0. The standard InChI is InChI=1S/C22H18N2O3/c1-27-20(14-5-3-2-4-6-14)15-7-9-16(10-8-15)21-23-18-12-11-17(22(25)26)13-19(18)24-21/h2-13,20H,1H3,(H,23,24)(H,25,26). The molecule has 1 heterocycles. The predicted octanol–water partition coefficient (Wildman–Crippen LogP) is 4.66. The Balaban J connectivity index is 1.65. The van der Waals surface area contributed by atoms with Crippen molar-refractivity contribution in [2.24, 2.45) is 0 Å². The number of aromatic nitrogens is 2. The van der Waals surface area contributed by atoms with Crippen LogP contribution in [0.4, 0.5) is 0 Å². The zero-order chi connectivity index (χ0) is 18.8. The first-order chi connectivity index (χ1) is 13.2. The Bertz CT molecular complexity index is 1090. The molecule has 134 valence electrons. The van der Waals surface area contributed by atoms with Gasteiger partial charge in [-0.15, -0.1) is 0 Å². The van der Waals surface area contributed by atoms with Gasteiger partial charge >= 0.3 is 5.97 Å². The molecule has 27 heavy (non-hydrogen) atoms. The average molecular weight is 358 g/mol. The Kier molecular flexibility index (Phi) is 4.44. The zero-order valence-corrected chi connectivity index (χ0v) is 14.7. The molecule has 0 fully saturated rings. The van der Waals surface area contributed by atoms with Crippen molar-refractivity contribution < 1.29 is 14.6 Å². The molecule has 0 aliphatic heterocycles. The summed E-state index contributed by atoms with van der Waals surface area (Å²) in [6.07, 6.45) is -0.131. The van der Waals surface area contributed by atoms with Crippen molar-refractivity contribution in [2.75, 3.05) is 7.11 Å². The van der Waals surface area contributed by atoms with E-state index in [4.69, 9.17) is 9.84 Å². The van der Waals surface area contributed by atoms with Gasteiger partial charge in [0.05, 0.1) is 16.6 Å². The fourth-order valence-electron chi connectivity index (χ4n) is 3.18. The molecule has 1 unspecified atom stereocenters. The summed E-state index contributed by atoms with van der Waals surface area (Å²) in [6, 6.07) is 22.9. The van der Waals surface area contributed by atoms with Gasteiger partial charge in [-0.25, -0.2) is 9.78 Å². The van der Waals surface area contributed by atoms with Crippen molar-refractivity contribution in [3.8, 4) is 11.4 Å². The van der Waals surface area contributed by atoms with E-state index in [-0.39, 0.29) is 11.7 Å². The Labute approximate surface area is 156 Å². The fraction of sp³-hybridized carbons (Fsp3) is 0.0909. The van der Waals surface area contributed by atoms with Crippen LogP contribution in [0.25, 0.3) is 22.4 Å². The van der Waals surface area contributed by atoms with Crippen molar-refractivity contribution >= 4 is 17.0 Å². The van der Waals surface area contributed by atoms with Gasteiger partial charge in [0, 0.05) is 12.7 Å². The normalized spacial score (nSPS) is 12.2. The van der Waals surface area contributed by atoms with Gasteiger partial charge in [0.1, 0.15) is 11.9 Å². The molecule has 4 rings (SSSR count). The highest BCUT2D eigenvalue weighted by molar-refractivity contribution is 5.93. The number of ether oxygens (including phenoxy) is 1. The summed E-state index contributed by atoms with van der Waals surface area (Å²) in [6.45, 7) is 0. The SMILES string of the molecule is COC(c1ccccc1)c1ccc(-c2nc3cc(C(=O)O)ccc3[nH]2)cc1. The summed E-state index contributed by atoms with van der Waals surface area (Å²) in [5.74, 6) is -0.259. The van der Waals surface area contributed by atoms with Crippen molar-refractivity contribution in [1.29, 1.82) is 0 Å². The average Bonchev–Trinajstić information content (AvgIpc) is 3.13. The summed E-state index contributed by atoms with van der Waals surface area (Å²) in [5.41, 5.74) is 4.73. The number of rotatable bonds is 5. The lowest BCUT2D eigenvalue weighted by Crippen LogP contribution is -2.03. The molecule has 0 amide bonds. The molecule has 0 aliphatic rings. The summed E-state index contributed by atoms with van der Waals surface area (Å²) >= 11 is 0. The fourth-order valence-corrected chi connectivity index (χ4v) is 3.18. The van der Waals surface area contributed by atoms with Gasteiger partial charge in [-0.1, -0.05) is 54.6 Å². The van der Waals surface area contributed by atoms with Crippen molar-refractivity contribution in [3.05, 3.63) is 89.5 Å². The maximum absolute atomic E-state index is 11.1. The van der Waals surface area contributed by atoms with Gasteiger partial charge in [-0.05, 0) is 29.3 Å². The van der Waals surface area contributed by atoms with Crippen LogP contribution < -0.4 is 0 Å². The molecule has 5 nitrogen and oxygen atoms in total. The smallest absolute Gasteiger partial charge is 0.335 e. The van der Waals surface area contributed by atoms with Gasteiger partial charge in [0.2, 0.25) is 0 Å². The number of carboxylic acid groups (broad SMARTS) is 1. The van der Waals surface area contributed by atoms with Crippen molar-refractivity contribution in [2.45, 2.75) is 6.10 Å². The van der Waals surface area contributed by atoms with Crippen molar-refractivity contribution in [3.63, 3.8) is 0 Å². The molecule has 1 aromatic heterocycles. The summed E-state index contributed by atoms with van der Waals surface area (Å²) in [7, 11) is 1.70. The molecule has 0 aliphatic carbocycles. The molecule has 0 bridgehead atoms. The largest absolute Gasteiger partial charge is 0.478 e. The third kappa shape index (κ3) is 3.32. The highest BCUT2D eigenvalue weighted by atomic mass is 16.5. The molecular weight excluding hydrogens is 340 g/mol. The predicted molar refractivity (Wildman–Crippen MR) is 104 cm³/mol. The minimum Gasteiger partial charge on any atom is -0.478 e. The first-order valence-electron chi connectivity index (χ1n) is 8.57. The van der Waals surface area contributed by atoms with Crippen LogP contribution in [-0.4, -0.2) is 28.2 Å². The number of nitrogens with one attached hydrogen (secondary N) is 1. The van der Waals surface area contributed by atoms with Crippen LogP contribution in [0, 0.1) is 0 Å². The van der Waals surface area contributed by atoms with Crippen LogP contribution in [0.15, 0.2) is 72.8 Å². The molecule has 1 atom stereocenters. The van der Waals surface area contributed by atoms with E-state index in [2.05, 4.69) is 9.97 Å². The van der Waals surface area contributed by atoms with E-state index >= 15 is 0 Å². The number of carboxylic acids is 1. The number of hydrogen-bond donors (Lipinski definition) is 2. The topological polar surface area (TPSA) is 75.2 Å². The third-order valence-corrected chi connectivity index (χ3v) is 4.55. The van der Waals surface area contributed by atoms with Gasteiger partial charge in [-0.2, -0.15) is 0 Å². The van der Waals surface area contributed by atoms with Crippen LogP contribution in [0.1, 0.15) is 27.6 Å². The number of aromatic amines is 1. The monoisotopic (exact) mass is 358 g/mol. The van der Waals surface area contributed by atoms with Crippen LogP contribution in [0.5, 0.6) is 0 Å². The van der Waals surface area contributed by atoms with Crippen LogP contribution in [0.3, 0.4) is 0 Å². The third-order valence-electron chi connectivity index (χ3n) is 4.55. The van der Waals surface area contributed by atoms with Crippen LogP contribution in [0.2, 0.25) is 0 Å². The number of imidazole rings is 1. The van der Waals surface area contributed by atoms with Crippen LogP contribution in [-0.2, 0) is 4.74 Å². The van der Waals surface area contributed by atoms with E-state index in [1.165, 1.54) is 0 Å². The second-order valence-electron chi connectivity index (χ2n) is 6.27. The second-order valence-corrected chi connectivity index (χ2v) is 6.27. The highest BCUT2D eigenvalue weighted by Crippen LogP contribution is 2.28. The minimum atomic E-state index is -0.961. The minimum absolute atomic E-state index is 0.131. The summed E-state index contributed by atoms with van der Waals surface area (Å²) < 4.78 is 5.67. The maximum Gasteiger partial charge on any atom is 0.335 e. The Morgan fingerprint density at radius 1 is 1.00 bits per heavy atom. The zero-order valence-electron chi connectivity index (χ0n) is 14.7. The van der Waals surface area contributed by atoms with E-state index < -0.39 is 5.97 Å². The molecule has 0 saturated carbocycles. The number of nitrogens with zero attached hydrogens (tertiary/aromatic N) is 1. The van der Waals surface area contributed by atoms with Gasteiger partial charge in [0.25, 0.3) is 0 Å². The lowest BCUT2D eigenvalue weighted by Gasteiger charge is -2.16. The number of hydrogen-bond acceptors (Lipinski definition) is 3. The first-order valence-corrected chi connectivity index (χ1v) is 8.57. The molecular formula is C22H18N2O3. The lowest BCUT2D eigenvalue weighted by atomic mass is 10.00.